The molecular weight excluding hydrogens is 905 g/mol. The van der Waals surface area contributed by atoms with Gasteiger partial charge in [0.05, 0.1) is 48.4 Å². The summed E-state index contributed by atoms with van der Waals surface area (Å²) >= 11 is 18.4. The number of benzene rings is 2. The average Bonchev–Trinajstić information content (AvgIpc) is 4.03. The summed E-state index contributed by atoms with van der Waals surface area (Å²) in [4.78, 5) is 0. The zero-order chi connectivity index (χ0) is 47.2. The second-order valence-corrected chi connectivity index (χ2v) is 31.0. The van der Waals surface area contributed by atoms with Crippen LogP contribution in [-0.4, -0.2) is 70.1 Å². The first-order valence-corrected chi connectivity index (χ1v) is 28.3. The zero-order valence-corrected chi connectivity index (χ0v) is 42.4. The van der Waals surface area contributed by atoms with E-state index in [1.165, 1.54) is 41.1 Å². The molecule has 6 rings (SSSR count). The lowest BCUT2D eigenvalue weighted by molar-refractivity contribution is 0.211. The molecule has 0 bridgehead atoms. The molecule has 19 heteroatoms. The Bertz CT molecular complexity index is 2420. The van der Waals surface area contributed by atoms with Gasteiger partial charge >= 0.3 is 0 Å². The first-order chi connectivity index (χ1) is 29.2. The fourth-order valence-corrected chi connectivity index (χ4v) is 6.80. The molecule has 63 heavy (non-hydrogen) atoms. The predicted octanol–water partition coefficient (Wildman–Crippen LogP) is 11.2. The van der Waals surface area contributed by atoms with Crippen molar-refractivity contribution < 1.29 is 28.5 Å². The van der Waals surface area contributed by atoms with Crippen molar-refractivity contribution in [2.24, 2.45) is 0 Å². The molecule has 0 aliphatic rings. The molecule has 3 N–H and O–H groups in total. The lowest BCUT2D eigenvalue weighted by Gasteiger charge is -2.36. The van der Waals surface area contributed by atoms with Gasteiger partial charge in [0.2, 0.25) is 0 Å². The summed E-state index contributed by atoms with van der Waals surface area (Å²) in [5, 5.41) is 48.8. The molecule has 6 aromatic rings. The summed E-state index contributed by atoms with van der Waals surface area (Å²) in [6, 6.07) is 11.5. The van der Waals surface area contributed by atoms with Crippen molar-refractivity contribution in [1.29, 1.82) is 0 Å². The summed E-state index contributed by atoms with van der Waals surface area (Å²) in [6.45, 7) is 26.9. The average molecular weight is 967 g/mol. The fourth-order valence-electron chi connectivity index (χ4n) is 5.47. The Kier molecular flexibility index (Phi) is 17.4. The standard InChI is InChI=1S/C22H30ClFN4O2Si.C16H16ClFN4O2.C6H15ClSi/c1-7-27-13-16(12-25-27)21(29)19-11-20(23)26-28(19)18-9-8-17(24)10-15(18)14-30-31(5,6)22(2,3)4;1-2-21-8-11(7-19-21)16(24)14-6-15(17)20-22(14)13-4-3-12(18)5-10(13)9-23;1-6(2,3)8(4,5)7/h8-13,21,29H,7,14H2,1-6H3;3-8,16,23-24H,2,9H2,1H3;1-5H3. The minimum atomic E-state index is -2.05. The van der Waals surface area contributed by atoms with Crippen LogP contribution in [0.1, 0.15) is 101 Å². The summed E-state index contributed by atoms with van der Waals surface area (Å²) in [6.07, 6.45) is 4.69. The smallest absolute Gasteiger partial charge is 0.192 e. The lowest BCUT2D eigenvalue weighted by Crippen LogP contribution is -2.40. The van der Waals surface area contributed by atoms with E-state index in [-0.39, 0.29) is 34.4 Å². The van der Waals surface area contributed by atoms with E-state index in [4.69, 9.17) is 38.7 Å². The quantitative estimate of drug-likeness (QED) is 0.0813. The van der Waals surface area contributed by atoms with Gasteiger partial charge in [-0.05, 0) is 73.4 Å². The number of aryl methyl sites for hydroxylation is 2. The van der Waals surface area contributed by atoms with E-state index in [2.05, 4.69) is 88.1 Å². The van der Waals surface area contributed by atoms with Crippen molar-refractivity contribution >= 4 is 50.0 Å². The molecule has 4 aromatic heterocycles. The number of aliphatic hydroxyl groups is 3. The van der Waals surface area contributed by atoms with Crippen LogP contribution < -0.4 is 0 Å². The third-order valence-corrected chi connectivity index (χ3v) is 21.6. The van der Waals surface area contributed by atoms with Crippen LogP contribution in [0, 0.1) is 11.6 Å². The van der Waals surface area contributed by atoms with Crippen LogP contribution >= 0.6 is 34.3 Å². The number of hydrogen-bond donors (Lipinski definition) is 3. The molecule has 2 unspecified atom stereocenters. The van der Waals surface area contributed by atoms with Crippen LogP contribution in [0.2, 0.25) is 46.6 Å². The van der Waals surface area contributed by atoms with E-state index in [1.807, 2.05) is 13.8 Å². The first kappa shape index (κ1) is 51.9. The van der Waals surface area contributed by atoms with Crippen LogP contribution in [0.5, 0.6) is 0 Å². The van der Waals surface area contributed by atoms with Gasteiger partial charge in [-0.2, -0.15) is 31.5 Å². The van der Waals surface area contributed by atoms with Crippen LogP contribution in [-0.2, 0) is 30.7 Å². The van der Waals surface area contributed by atoms with Crippen molar-refractivity contribution in [2.45, 2.75) is 130 Å². The molecule has 0 aliphatic heterocycles. The molecule has 12 nitrogen and oxygen atoms in total. The van der Waals surface area contributed by atoms with Gasteiger partial charge in [-0.25, -0.2) is 18.1 Å². The molecular formula is C44H61Cl3F2N8O4Si2. The Balaban J connectivity index is 0.000000241. The van der Waals surface area contributed by atoms with E-state index in [9.17, 15) is 24.1 Å². The van der Waals surface area contributed by atoms with Gasteiger partial charge in [0.15, 0.2) is 26.0 Å². The van der Waals surface area contributed by atoms with Crippen LogP contribution in [0.25, 0.3) is 11.4 Å². The summed E-state index contributed by atoms with van der Waals surface area (Å²) in [5.41, 5.74) is 4.13. The Morgan fingerprint density at radius 2 is 1.08 bits per heavy atom. The maximum Gasteiger partial charge on any atom is 0.192 e. The van der Waals surface area contributed by atoms with Crippen LogP contribution in [0.4, 0.5) is 8.78 Å². The monoisotopic (exact) mass is 964 g/mol. The first-order valence-electron chi connectivity index (χ1n) is 20.6. The molecule has 0 saturated heterocycles. The minimum Gasteiger partial charge on any atom is -0.412 e. The SMILES string of the molecule is CC(C)(C)[Si](C)(C)Cl.CCn1cc(C(O)c2cc(Cl)nn2-c2ccc(F)cc2CO)cn1.CCn1cc(C(O)c2cc(Cl)nn2-c2ccc(F)cc2CO[Si](C)(C)C(C)(C)C)cn1. The van der Waals surface area contributed by atoms with Gasteiger partial charge in [0.1, 0.15) is 23.8 Å². The lowest BCUT2D eigenvalue weighted by atomic mass is 10.1. The highest BCUT2D eigenvalue weighted by atomic mass is 35.6. The van der Waals surface area contributed by atoms with Crippen LogP contribution in [0.3, 0.4) is 0 Å². The van der Waals surface area contributed by atoms with Crippen molar-refractivity contribution in [2.75, 3.05) is 0 Å². The van der Waals surface area contributed by atoms with Gasteiger partial charge in [0.25, 0.3) is 0 Å². The highest BCUT2D eigenvalue weighted by molar-refractivity contribution is 7.20. The molecule has 0 saturated carbocycles. The largest absolute Gasteiger partial charge is 0.412 e. The maximum absolute atomic E-state index is 14.1. The molecule has 0 aliphatic carbocycles. The Morgan fingerprint density at radius 1 is 0.683 bits per heavy atom. The highest BCUT2D eigenvalue weighted by Crippen LogP contribution is 2.39. The Morgan fingerprint density at radius 3 is 1.43 bits per heavy atom. The molecule has 0 fully saturated rings. The molecule has 2 aromatic carbocycles. The predicted molar refractivity (Wildman–Crippen MR) is 252 cm³/mol. The van der Waals surface area contributed by atoms with Gasteiger partial charge in [-0.15, -0.1) is 0 Å². The number of aromatic nitrogens is 8. The van der Waals surface area contributed by atoms with E-state index in [1.54, 1.807) is 51.0 Å². The number of hydrogen-bond acceptors (Lipinski definition) is 8. The van der Waals surface area contributed by atoms with Gasteiger partial charge in [-0.3, -0.25) is 9.36 Å². The molecule has 344 valence electrons. The molecule has 0 amide bonds. The fraction of sp³-hybridized carbons (Fsp3) is 0.455. The molecule has 0 radical (unpaired) electrons. The van der Waals surface area contributed by atoms with Crippen LogP contribution in [0.15, 0.2) is 73.3 Å². The van der Waals surface area contributed by atoms with Gasteiger partial charge in [0, 0.05) is 59.9 Å². The molecule has 2 atom stereocenters. The third kappa shape index (κ3) is 13.2. The molecule has 0 spiro atoms. The van der Waals surface area contributed by atoms with Gasteiger partial charge in [-0.1, -0.05) is 77.8 Å². The Hall–Kier alpha value is -3.72. The normalized spacial score (nSPS) is 13.3. The summed E-state index contributed by atoms with van der Waals surface area (Å²) in [7, 11) is -3.44. The topological polar surface area (TPSA) is 141 Å². The van der Waals surface area contributed by atoms with E-state index in [0.717, 1.165) is 0 Å². The summed E-state index contributed by atoms with van der Waals surface area (Å²) < 4.78 is 40.2. The van der Waals surface area contributed by atoms with Crippen molar-refractivity contribution in [3.05, 3.63) is 129 Å². The summed E-state index contributed by atoms with van der Waals surface area (Å²) in [5.74, 6) is -0.825. The molecule has 4 heterocycles. The zero-order valence-electron chi connectivity index (χ0n) is 38.1. The second kappa shape index (κ2) is 21.1. The number of aliphatic hydroxyl groups excluding tert-OH is 3. The van der Waals surface area contributed by atoms with E-state index in [0.29, 0.717) is 63.1 Å². The van der Waals surface area contributed by atoms with Gasteiger partial charge < -0.3 is 19.7 Å². The van der Waals surface area contributed by atoms with Crippen molar-refractivity contribution in [1.82, 2.24) is 39.1 Å². The number of halogens is 5. The van der Waals surface area contributed by atoms with E-state index >= 15 is 0 Å². The second-order valence-electron chi connectivity index (χ2n) is 18.1. The van der Waals surface area contributed by atoms with Crippen molar-refractivity contribution in [3.63, 3.8) is 0 Å². The highest BCUT2D eigenvalue weighted by Gasteiger charge is 2.37. The third-order valence-electron chi connectivity index (χ3n) is 11.4. The number of nitrogens with zero attached hydrogens (tertiary/aromatic N) is 8. The number of rotatable bonds is 12. The van der Waals surface area contributed by atoms with E-state index < -0.39 is 33.7 Å². The van der Waals surface area contributed by atoms with Crippen molar-refractivity contribution in [3.8, 4) is 11.4 Å². The minimum absolute atomic E-state index is 0.0241. The maximum atomic E-state index is 14.1. The Labute approximate surface area is 386 Å².